The Kier molecular flexibility index (Phi) is 8.48. The number of piperidine rings is 1. The van der Waals surface area contributed by atoms with Crippen LogP contribution in [0.3, 0.4) is 0 Å². The molecule has 2 saturated heterocycles. The first-order valence-corrected chi connectivity index (χ1v) is 14.3. The number of aromatic nitrogens is 3. The van der Waals surface area contributed by atoms with E-state index in [-0.39, 0.29) is 11.4 Å². The van der Waals surface area contributed by atoms with Gasteiger partial charge >= 0.3 is 6.09 Å². The van der Waals surface area contributed by atoms with Crippen molar-refractivity contribution >= 4 is 34.4 Å². The predicted octanol–water partition coefficient (Wildman–Crippen LogP) is 6.75. The van der Waals surface area contributed by atoms with Crippen LogP contribution in [-0.4, -0.2) is 64.0 Å². The maximum atomic E-state index is 12.3. The zero-order valence-corrected chi connectivity index (χ0v) is 24.1. The number of rotatable bonds is 7. The maximum absolute atomic E-state index is 12.3. The third kappa shape index (κ3) is 6.68. The fraction of sp³-hybridized carbons (Fsp3) is 0.533. The number of ether oxygens (including phenoxy) is 3. The van der Waals surface area contributed by atoms with Crippen molar-refractivity contribution in [2.24, 2.45) is 11.8 Å². The molecule has 1 amide bonds. The van der Waals surface area contributed by atoms with Crippen LogP contribution in [0.25, 0.3) is 27.1 Å². The number of benzene rings is 1. The van der Waals surface area contributed by atoms with Crippen molar-refractivity contribution in [2.45, 2.75) is 58.6 Å². The molecule has 2 aromatic heterocycles. The van der Waals surface area contributed by atoms with E-state index in [1.54, 1.807) is 4.90 Å². The molecule has 4 heterocycles. The minimum absolute atomic E-state index is 0.174. The Morgan fingerprint density at radius 2 is 1.98 bits per heavy atom. The molecule has 10 heteroatoms. The van der Waals surface area contributed by atoms with Crippen molar-refractivity contribution in [3.05, 3.63) is 47.2 Å². The van der Waals surface area contributed by atoms with Gasteiger partial charge in [-0.25, -0.2) is 14.6 Å². The minimum atomic E-state index is -0.487. The Labute approximate surface area is 240 Å². The third-order valence-corrected chi connectivity index (χ3v) is 7.64. The van der Waals surface area contributed by atoms with Crippen molar-refractivity contribution in [2.75, 3.05) is 32.9 Å². The Bertz CT molecular complexity index is 1400. The number of carbonyl (C=O) groups is 1. The number of hydrogen-bond acceptors (Lipinski definition) is 6. The van der Waals surface area contributed by atoms with Gasteiger partial charge in [0.05, 0.1) is 25.5 Å². The number of likely N-dealkylation sites (tertiary alicyclic amines) is 1. The second-order valence-corrected chi connectivity index (χ2v) is 12.0. The average molecular weight is 566 g/mol. The van der Waals surface area contributed by atoms with Crippen molar-refractivity contribution in [1.29, 1.82) is 0 Å². The zero-order valence-electron chi connectivity index (χ0n) is 23.4. The molecule has 5 rings (SSSR count). The Morgan fingerprint density at radius 3 is 2.67 bits per heavy atom. The normalized spacial score (nSPS) is 18.2. The average Bonchev–Trinajstić information content (AvgIpc) is 3.58. The number of nitrogens with zero attached hydrogens (tertiary/aromatic N) is 5. The molecular formula is C30H36ClN5O4. The number of fused-ring (bicyclic) bond motifs is 1. The summed E-state index contributed by atoms with van der Waals surface area (Å²) in [7, 11) is 0. The molecule has 0 saturated carbocycles. The lowest BCUT2D eigenvalue weighted by Crippen LogP contribution is -2.41. The van der Waals surface area contributed by atoms with Crippen molar-refractivity contribution in [1.82, 2.24) is 19.4 Å². The van der Waals surface area contributed by atoms with Gasteiger partial charge in [0.2, 0.25) is 11.0 Å². The van der Waals surface area contributed by atoms with E-state index in [1.165, 1.54) is 0 Å². The van der Waals surface area contributed by atoms with E-state index >= 15 is 0 Å². The Hall–Kier alpha value is -3.35. The third-order valence-electron chi connectivity index (χ3n) is 7.47. The van der Waals surface area contributed by atoms with E-state index in [9.17, 15) is 4.79 Å². The van der Waals surface area contributed by atoms with E-state index < -0.39 is 5.60 Å². The molecule has 2 fully saturated rings. The van der Waals surface area contributed by atoms with Crippen molar-refractivity contribution < 1.29 is 19.0 Å². The summed E-state index contributed by atoms with van der Waals surface area (Å²) in [6.45, 7) is 17.7. The van der Waals surface area contributed by atoms with Crippen LogP contribution in [0.1, 0.15) is 46.5 Å². The molecule has 0 spiro atoms. The summed E-state index contributed by atoms with van der Waals surface area (Å²) in [6, 6.07) is 7.57. The molecule has 212 valence electrons. The van der Waals surface area contributed by atoms with E-state index in [1.807, 2.05) is 51.2 Å². The first-order valence-electron chi connectivity index (χ1n) is 13.9. The van der Waals surface area contributed by atoms with Crippen LogP contribution in [0.2, 0.25) is 5.28 Å². The molecule has 0 aliphatic carbocycles. The maximum Gasteiger partial charge on any atom is 0.410 e. The van der Waals surface area contributed by atoms with Crippen LogP contribution in [0.5, 0.6) is 5.75 Å². The van der Waals surface area contributed by atoms with Crippen LogP contribution in [0.4, 0.5) is 10.5 Å². The molecule has 2 aliphatic heterocycles. The van der Waals surface area contributed by atoms with Crippen LogP contribution in [0.15, 0.2) is 30.5 Å². The molecule has 0 bridgehead atoms. The molecule has 1 atom stereocenters. The molecule has 1 unspecified atom stereocenters. The summed E-state index contributed by atoms with van der Waals surface area (Å²) in [5.41, 5.74) is 2.22. The topological polar surface area (TPSA) is 83.1 Å². The lowest BCUT2D eigenvalue weighted by molar-refractivity contribution is 0.0177. The molecule has 40 heavy (non-hydrogen) atoms. The van der Waals surface area contributed by atoms with E-state index in [0.29, 0.717) is 48.7 Å². The molecule has 0 radical (unpaired) electrons. The highest BCUT2D eigenvalue weighted by Gasteiger charge is 2.27. The molecule has 1 aromatic carbocycles. The summed E-state index contributed by atoms with van der Waals surface area (Å²) in [6.07, 6.45) is 5.49. The fourth-order valence-corrected chi connectivity index (χ4v) is 5.52. The summed E-state index contributed by atoms with van der Waals surface area (Å²) in [5, 5.41) is 1.07. The number of hydrogen-bond donors (Lipinski definition) is 0. The van der Waals surface area contributed by atoms with Crippen LogP contribution in [0, 0.1) is 18.4 Å². The molecule has 2 aliphatic rings. The van der Waals surface area contributed by atoms with Gasteiger partial charge in [-0.05, 0) is 87.7 Å². The first kappa shape index (κ1) is 28.2. The van der Waals surface area contributed by atoms with Gasteiger partial charge in [0.1, 0.15) is 17.0 Å². The lowest BCUT2D eigenvalue weighted by Gasteiger charge is -2.33. The quantitative estimate of drug-likeness (QED) is 0.233. The van der Waals surface area contributed by atoms with Gasteiger partial charge in [0.15, 0.2) is 0 Å². The van der Waals surface area contributed by atoms with Gasteiger partial charge in [-0.1, -0.05) is 6.07 Å². The largest absolute Gasteiger partial charge is 0.505 e. The van der Waals surface area contributed by atoms with E-state index in [4.69, 9.17) is 32.4 Å². The summed E-state index contributed by atoms with van der Waals surface area (Å²) < 4.78 is 19.2. The smallest absolute Gasteiger partial charge is 0.410 e. The number of carbonyl (C=O) groups excluding carboxylic acids is 1. The molecule has 3 aromatic rings. The summed E-state index contributed by atoms with van der Waals surface area (Å²) in [5.74, 6) is 1.47. The van der Waals surface area contributed by atoms with Gasteiger partial charge in [-0.2, -0.15) is 4.98 Å². The Balaban J connectivity index is 1.22. The van der Waals surface area contributed by atoms with Crippen LogP contribution in [-0.2, 0) is 16.0 Å². The minimum Gasteiger partial charge on any atom is -0.505 e. The first-order chi connectivity index (χ1) is 19.2. The van der Waals surface area contributed by atoms with E-state index in [0.717, 1.165) is 62.0 Å². The fourth-order valence-electron chi connectivity index (χ4n) is 5.35. The SMILES string of the molecule is [C-]#[N+]c1cc(-c2nc(Cl)nc3c2ccn3CC2CCOC2)ccc1OCCC1CCN(C(=O)OC(C)(C)C)CC1. The number of halogens is 1. The van der Waals surface area contributed by atoms with Crippen LogP contribution >= 0.6 is 11.6 Å². The van der Waals surface area contributed by atoms with Gasteiger partial charge in [-0.3, -0.25) is 0 Å². The highest BCUT2D eigenvalue weighted by Crippen LogP contribution is 2.36. The summed E-state index contributed by atoms with van der Waals surface area (Å²) in [4.78, 5) is 26.8. The number of amides is 1. The van der Waals surface area contributed by atoms with Gasteiger partial charge in [0, 0.05) is 43.7 Å². The molecule has 0 N–H and O–H groups in total. The standard InChI is InChI=1S/C30H36ClN5O4/c1-30(2,3)40-29(37)35-12-7-20(8-13-35)11-16-39-25-6-5-22(17-24(25)32-4)26-23-9-14-36(18-21-10-15-38-19-21)27(23)34-28(31)33-26/h5-6,9,14,17,20-21H,7-8,10-13,15-16,18-19H2,1-3H3. The molecular weight excluding hydrogens is 530 g/mol. The lowest BCUT2D eigenvalue weighted by atomic mass is 9.94. The van der Waals surface area contributed by atoms with Gasteiger partial charge < -0.3 is 23.7 Å². The molecule has 9 nitrogen and oxygen atoms in total. The highest BCUT2D eigenvalue weighted by atomic mass is 35.5. The zero-order chi connectivity index (χ0) is 28.3. The predicted molar refractivity (Wildman–Crippen MR) is 154 cm³/mol. The van der Waals surface area contributed by atoms with E-state index in [2.05, 4.69) is 19.4 Å². The second kappa shape index (κ2) is 12.0. The monoisotopic (exact) mass is 565 g/mol. The summed E-state index contributed by atoms with van der Waals surface area (Å²) >= 11 is 6.35. The Morgan fingerprint density at radius 1 is 1.18 bits per heavy atom. The van der Waals surface area contributed by atoms with Gasteiger partial charge in [0.25, 0.3) is 0 Å². The van der Waals surface area contributed by atoms with Crippen molar-refractivity contribution in [3.8, 4) is 17.0 Å². The van der Waals surface area contributed by atoms with Crippen molar-refractivity contribution in [3.63, 3.8) is 0 Å². The van der Waals surface area contributed by atoms with Gasteiger partial charge in [-0.15, -0.1) is 0 Å². The highest BCUT2D eigenvalue weighted by molar-refractivity contribution is 6.28. The van der Waals surface area contributed by atoms with Crippen LogP contribution < -0.4 is 4.74 Å². The second-order valence-electron chi connectivity index (χ2n) is 11.6.